The Bertz CT molecular complexity index is 858. The number of hydrogen-bond donors (Lipinski definition) is 3. The van der Waals surface area contributed by atoms with Crippen LogP contribution in [0.1, 0.15) is 22.0 Å². The SMILES string of the molecule is O=C(c1ccccc1)[C@H]1[C@@H](c2ccc(F)cc2)NC(=S)N[C@@]1(O)C(F)(F)F. The normalized spacial score (nSPS) is 25.4. The molecule has 0 spiro atoms. The first-order chi connectivity index (χ1) is 12.6. The third-order valence-corrected chi connectivity index (χ3v) is 4.60. The average molecular weight is 398 g/mol. The Morgan fingerprint density at radius 3 is 2.22 bits per heavy atom. The van der Waals surface area contributed by atoms with Gasteiger partial charge in [0.2, 0.25) is 5.72 Å². The summed E-state index contributed by atoms with van der Waals surface area (Å²) >= 11 is 4.81. The molecule has 0 unspecified atom stereocenters. The van der Waals surface area contributed by atoms with Crippen molar-refractivity contribution in [2.45, 2.75) is 17.9 Å². The van der Waals surface area contributed by atoms with Crippen LogP contribution < -0.4 is 10.6 Å². The molecule has 0 radical (unpaired) electrons. The summed E-state index contributed by atoms with van der Waals surface area (Å²) in [4.78, 5) is 13.0. The maximum atomic E-state index is 13.8. The van der Waals surface area contributed by atoms with Crippen molar-refractivity contribution in [1.29, 1.82) is 0 Å². The molecule has 0 aliphatic carbocycles. The minimum atomic E-state index is -5.20. The highest BCUT2D eigenvalue weighted by Gasteiger charge is 2.65. The first-order valence-electron chi connectivity index (χ1n) is 7.86. The molecule has 3 N–H and O–H groups in total. The molecule has 1 heterocycles. The molecule has 142 valence electrons. The molecule has 0 saturated carbocycles. The zero-order valence-electron chi connectivity index (χ0n) is 13.6. The van der Waals surface area contributed by atoms with E-state index in [1.165, 1.54) is 36.4 Å². The van der Waals surface area contributed by atoms with Gasteiger partial charge in [-0.25, -0.2) is 4.39 Å². The van der Waals surface area contributed by atoms with Crippen LogP contribution in [0.15, 0.2) is 54.6 Å². The summed E-state index contributed by atoms with van der Waals surface area (Å²) in [6.07, 6.45) is -5.20. The Kier molecular flexibility index (Phi) is 4.92. The summed E-state index contributed by atoms with van der Waals surface area (Å²) in [6.45, 7) is 0. The lowest BCUT2D eigenvalue weighted by molar-refractivity contribution is -0.285. The van der Waals surface area contributed by atoms with E-state index >= 15 is 0 Å². The largest absolute Gasteiger partial charge is 0.437 e. The van der Waals surface area contributed by atoms with E-state index in [0.29, 0.717) is 0 Å². The van der Waals surface area contributed by atoms with Crippen molar-refractivity contribution < 1.29 is 27.5 Å². The number of carbonyl (C=O) groups is 1. The number of nitrogens with one attached hydrogen (secondary N) is 2. The van der Waals surface area contributed by atoms with Crippen LogP contribution >= 0.6 is 12.2 Å². The predicted octanol–water partition coefficient (Wildman–Crippen LogP) is 3.09. The zero-order chi connectivity index (χ0) is 19.8. The summed E-state index contributed by atoms with van der Waals surface area (Å²) in [5.41, 5.74) is -3.42. The summed E-state index contributed by atoms with van der Waals surface area (Å²) in [6, 6.07) is 10.6. The Morgan fingerprint density at radius 2 is 1.67 bits per heavy atom. The molecule has 1 aliphatic heterocycles. The van der Waals surface area contributed by atoms with E-state index in [4.69, 9.17) is 12.2 Å². The van der Waals surface area contributed by atoms with Gasteiger partial charge >= 0.3 is 6.18 Å². The number of Topliss-reactive ketones (excluding diaryl/α,β-unsaturated/α-hetero) is 1. The first kappa shape index (κ1) is 19.2. The van der Waals surface area contributed by atoms with Gasteiger partial charge in [0.1, 0.15) is 11.7 Å². The van der Waals surface area contributed by atoms with Crippen molar-refractivity contribution in [2.24, 2.45) is 5.92 Å². The first-order valence-corrected chi connectivity index (χ1v) is 8.27. The molecule has 3 rings (SSSR count). The van der Waals surface area contributed by atoms with E-state index in [1.54, 1.807) is 11.4 Å². The zero-order valence-corrected chi connectivity index (χ0v) is 14.4. The molecule has 9 heteroatoms. The fourth-order valence-corrected chi connectivity index (χ4v) is 3.35. The van der Waals surface area contributed by atoms with Crippen molar-refractivity contribution in [3.05, 3.63) is 71.5 Å². The number of hydrogen-bond acceptors (Lipinski definition) is 3. The van der Waals surface area contributed by atoms with Crippen LogP contribution in [0.3, 0.4) is 0 Å². The highest BCUT2D eigenvalue weighted by molar-refractivity contribution is 7.80. The van der Waals surface area contributed by atoms with Gasteiger partial charge in [-0.1, -0.05) is 42.5 Å². The number of aliphatic hydroxyl groups is 1. The monoisotopic (exact) mass is 398 g/mol. The number of benzene rings is 2. The van der Waals surface area contributed by atoms with Gasteiger partial charge < -0.3 is 15.7 Å². The molecule has 2 aromatic rings. The summed E-state index contributed by atoms with van der Waals surface area (Å²) in [5, 5.41) is 14.4. The van der Waals surface area contributed by atoms with Gasteiger partial charge in [0.15, 0.2) is 10.9 Å². The number of ketones is 1. The number of thiocarbonyl (C=S) groups is 1. The van der Waals surface area contributed by atoms with Crippen molar-refractivity contribution in [2.75, 3.05) is 0 Å². The quantitative estimate of drug-likeness (QED) is 0.421. The van der Waals surface area contributed by atoms with Gasteiger partial charge in [-0.15, -0.1) is 0 Å². The van der Waals surface area contributed by atoms with Gasteiger partial charge in [0.05, 0.1) is 6.04 Å². The van der Waals surface area contributed by atoms with Crippen molar-refractivity contribution in [3.63, 3.8) is 0 Å². The molecule has 0 aromatic heterocycles. The van der Waals surface area contributed by atoms with Gasteiger partial charge in [0, 0.05) is 5.56 Å². The van der Waals surface area contributed by atoms with Crippen molar-refractivity contribution in [3.8, 4) is 0 Å². The van der Waals surface area contributed by atoms with Crippen LogP contribution in [0, 0.1) is 11.7 Å². The molecular formula is C18H14F4N2O2S. The average Bonchev–Trinajstić information content (AvgIpc) is 2.61. The lowest BCUT2D eigenvalue weighted by atomic mass is 9.77. The highest BCUT2D eigenvalue weighted by atomic mass is 32.1. The van der Waals surface area contributed by atoms with E-state index in [9.17, 15) is 27.5 Å². The molecule has 0 bridgehead atoms. The molecule has 1 aliphatic rings. The van der Waals surface area contributed by atoms with Crippen LogP contribution in [0.2, 0.25) is 0 Å². The van der Waals surface area contributed by atoms with Crippen LogP contribution in [0.25, 0.3) is 0 Å². The molecule has 0 amide bonds. The Labute approximate surface area is 157 Å². The fourth-order valence-electron chi connectivity index (χ4n) is 3.07. The summed E-state index contributed by atoms with van der Waals surface area (Å²) < 4.78 is 54.5. The predicted molar refractivity (Wildman–Crippen MR) is 93.3 cm³/mol. The molecule has 4 nitrogen and oxygen atoms in total. The van der Waals surface area contributed by atoms with Crippen molar-refractivity contribution >= 4 is 23.1 Å². The standard InChI is InChI=1S/C18H14F4N2O2S/c19-12-8-6-10(7-9-12)14-13(15(25)11-4-2-1-3-5-11)17(26,18(20,21)22)24-16(27)23-14/h1-9,13-14,26H,(H2,23,24,27)/t13-,14-,17+/m1/s1. The molecule has 3 atom stereocenters. The molecular weight excluding hydrogens is 384 g/mol. The van der Waals surface area contributed by atoms with Crippen LogP contribution in [-0.4, -0.2) is 27.9 Å². The third kappa shape index (κ3) is 3.52. The fraction of sp³-hybridized carbons (Fsp3) is 0.222. The Balaban J connectivity index is 2.15. The lowest BCUT2D eigenvalue weighted by Gasteiger charge is -2.46. The van der Waals surface area contributed by atoms with Gasteiger partial charge in [-0.3, -0.25) is 4.79 Å². The lowest BCUT2D eigenvalue weighted by Crippen LogP contribution is -2.72. The van der Waals surface area contributed by atoms with E-state index in [-0.39, 0.29) is 11.1 Å². The number of rotatable bonds is 3. The van der Waals surface area contributed by atoms with E-state index < -0.39 is 40.6 Å². The summed E-state index contributed by atoms with van der Waals surface area (Å²) in [7, 11) is 0. The molecule has 1 fully saturated rings. The minimum Gasteiger partial charge on any atom is -0.363 e. The second-order valence-electron chi connectivity index (χ2n) is 6.10. The Morgan fingerprint density at radius 1 is 1.07 bits per heavy atom. The van der Waals surface area contributed by atoms with Crippen LogP contribution in [0.5, 0.6) is 0 Å². The van der Waals surface area contributed by atoms with E-state index in [0.717, 1.165) is 12.1 Å². The molecule has 27 heavy (non-hydrogen) atoms. The maximum Gasteiger partial charge on any atom is 0.437 e. The molecule has 2 aromatic carbocycles. The number of halogens is 4. The van der Waals surface area contributed by atoms with E-state index in [2.05, 4.69) is 5.32 Å². The third-order valence-electron chi connectivity index (χ3n) is 4.38. The topological polar surface area (TPSA) is 61.4 Å². The minimum absolute atomic E-state index is 0.00583. The van der Waals surface area contributed by atoms with E-state index in [1.807, 2.05) is 0 Å². The summed E-state index contributed by atoms with van der Waals surface area (Å²) in [5.74, 6) is -3.53. The van der Waals surface area contributed by atoms with Gasteiger partial charge in [0.25, 0.3) is 0 Å². The second-order valence-corrected chi connectivity index (χ2v) is 6.51. The smallest absolute Gasteiger partial charge is 0.363 e. The van der Waals surface area contributed by atoms with Gasteiger partial charge in [-0.2, -0.15) is 13.2 Å². The van der Waals surface area contributed by atoms with Crippen LogP contribution in [-0.2, 0) is 0 Å². The second kappa shape index (κ2) is 6.90. The highest BCUT2D eigenvalue weighted by Crippen LogP contribution is 2.43. The number of carbonyl (C=O) groups excluding carboxylic acids is 1. The molecule has 1 saturated heterocycles. The number of alkyl halides is 3. The van der Waals surface area contributed by atoms with Crippen LogP contribution in [0.4, 0.5) is 17.6 Å². The Hall–Kier alpha value is -2.52. The van der Waals surface area contributed by atoms with Crippen molar-refractivity contribution in [1.82, 2.24) is 10.6 Å². The van der Waals surface area contributed by atoms with Gasteiger partial charge in [-0.05, 0) is 29.9 Å². The maximum absolute atomic E-state index is 13.8.